The van der Waals surface area contributed by atoms with E-state index in [9.17, 15) is 0 Å². The van der Waals surface area contributed by atoms with Crippen LogP contribution in [0.4, 0.5) is 0 Å². The fourth-order valence-electron chi connectivity index (χ4n) is 2.98. The average Bonchev–Trinajstić information content (AvgIpc) is 2.46. The van der Waals surface area contributed by atoms with Gasteiger partial charge in [0.1, 0.15) is 5.75 Å². The zero-order valence-electron chi connectivity index (χ0n) is 15.4. The summed E-state index contributed by atoms with van der Waals surface area (Å²) < 4.78 is 5.67. The average molecular weight is 310 g/mol. The van der Waals surface area contributed by atoms with Gasteiger partial charge in [0.2, 0.25) is 0 Å². The predicted molar refractivity (Wildman–Crippen MR) is 100 cm³/mol. The molecule has 2 aromatic carbocycles. The Hall–Kier alpha value is -1.76. The lowest BCUT2D eigenvalue weighted by atomic mass is 9.80. The first-order valence-corrected chi connectivity index (χ1v) is 8.68. The van der Waals surface area contributed by atoms with Gasteiger partial charge in [0, 0.05) is 0 Å². The van der Waals surface area contributed by atoms with Gasteiger partial charge in [0.15, 0.2) is 0 Å². The third-order valence-electron chi connectivity index (χ3n) is 3.99. The second kappa shape index (κ2) is 7.21. The van der Waals surface area contributed by atoms with E-state index in [2.05, 4.69) is 71.0 Å². The van der Waals surface area contributed by atoms with Crippen molar-refractivity contribution in [3.8, 4) is 16.9 Å². The fraction of sp³-hybridized carbons (Fsp3) is 0.455. The molecule has 0 aliphatic rings. The minimum Gasteiger partial charge on any atom is -0.494 e. The van der Waals surface area contributed by atoms with Crippen molar-refractivity contribution in [2.75, 3.05) is 6.61 Å². The number of rotatable bonds is 5. The molecule has 124 valence electrons. The van der Waals surface area contributed by atoms with Gasteiger partial charge in [-0.05, 0) is 59.1 Å². The second-order valence-corrected chi connectivity index (χ2v) is 7.69. The largest absolute Gasteiger partial charge is 0.494 e. The first-order valence-electron chi connectivity index (χ1n) is 8.68. The summed E-state index contributed by atoms with van der Waals surface area (Å²) in [5.74, 6) is 1.62. The van der Waals surface area contributed by atoms with Crippen molar-refractivity contribution in [2.45, 2.75) is 53.4 Å². The van der Waals surface area contributed by atoms with Gasteiger partial charge >= 0.3 is 0 Å². The molecule has 2 rings (SSSR count). The number of hydrogen-bond donors (Lipinski definition) is 0. The molecule has 0 aliphatic carbocycles. The lowest BCUT2D eigenvalue weighted by Crippen LogP contribution is -2.13. The fourth-order valence-corrected chi connectivity index (χ4v) is 2.98. The molecule has 23 heavy (non-hydrogen) atoms. The van der Waals surface area contributed by atoms with Crippen molar-refractivity contribution in [3.05, 3.63) is 53.6 Å². The van der Waals surface area contributed by atoms with Crippen molar-refractivity contribution in [3.63, 3.8) is 0 Å². The molecule has 0 radical (unpaired) electrons. The van der Waals surface area contributed by atoms with Crippen molar-refractivity contribution in [2.24, 2.45) is 5.92 Å². The number of hydrogen-bond acceptors (Lipinski definition) is 1. The van der Waals surface area contributed by atoms with Crippen LogP contribution in [0, 0.1) is 5.92 Å². The summed E-state index contributed by atoms with van der Waals surface area (Å²) in [6.07, 6.45) is 1.13. The Labute approximate surface area is 141 Å². The molecule has 0 N–H and O–H groups in total. The SMILES string of the molecule is CCOc1cccc(-c2ccc(CC(C)C)cc2C(C)(C)C)c1. The molecule has 1 nitrogen and oxygen atoms in total. The van der Waals surface area contributed by atoms with Crippen LogP contribution in [0.25, 0.3) is 11.1 Å². The summed E-state index contributed by atoms with van der Waals surface area (Å²) in [5.41, 5.74) is 5.49. The minimum absolute atomic E-state index is 0.115. The summed E-state index contributed by atoms with van der Waals surface area (Å²) >= 11 is 0. The third kappa shape index (κ3) is 4.60. The van der Waals surface area contributed by atoms with E-state index in [1.165, 1.54) is 22.3 Å². The molecule has 0 atom stereocenters. The Morgan fingerprint density at radius 2 is 1.74 bits per heavy atom. The Balaban J connectivity index is 2.51. The van der Waals surface area contributed by atoms with Crippen LogP contribution in [0.3, 0.4) is 0 Å². The van der Waals surface area contributed by atoms with E-state index in [1.54, 1.807) is 0 Å². The zero-order chi connectivity index (χ0) is 17.0. The third-order valence-corrected chi connectivity index (χ3v) is 3.99. The van der Waals surface area contributed by atoms with Crippen LogP contribution < -0.4 is 4.74 Å². The molecule has 0 fully saturated rings. The summed E-state index contributed by atoms with van der Waals surface area (Å²) in [6, 6.07) is 15.4. The van der Waals surface area contributed by atoms with Gasteiger partial charge in [-0.15, -0.1) is 0 Å². The van der Waals surface area contributed by atoms with E-state index < -0.39 is 0 Å². The van der Waals surface area contributed by atoms with E-state index >= 15 is 0 Å². The zero-order valence-corrected chi connectivity index (χ0v) is 15.4. The molecule has 0 bridgehead atoms. The topological polar surface area (TPSA) is 9.23 Å². The molecular weight excluding hydrogens is 280 g/mol. The smallest absolute Gasteiger partial charge is 0.119 e. The summed E-state index contributed by atoms with van der Waals surface area (Å²) in [7, 11) is 0. The van der Waals surface area contributed by atoms with Crippen molar-refractivity contribution in [1.29, 1.82) is 0 Å². The lowest BCUT2D eigenvalue weighted by molar-refractivity contribution is 0.340. The molecule has 0 amide bonds. The van der Waals surface area contributed by atoms with Crippen LogP contribution in [0.5, 0.6) is 5.75 Å². The standard InChI is InChI=1S/C22H30O/c1-7-23-19-10-8-9-18(15-19)20-12-11-17(13-16(2)3)14-21(20)22(4,5)6/h8-12,14-16H,7,13H2,1-6H3. The van der Waals surface area contributed by atoms with Crippen LogP contribution in [-0.2, 0) is 11.8 Å². The Morgan fingerprint density at radius 1 is 1.00 bits per heavy atom. The Kier molecular flexibility index (Phi) is 5.51. The van der Waals surface area contributed by atoms with Crippen molar-refractivity contribution < 1.29 is 4.74 Å². The molecule has 1 heteroatoms. The van der Waals surface area contributed by atoms with Gasteiger partial charge < -0.3 is 4.74 Å². The van der Waals surface area contributed by atoms with Gasteiger partial charge in [0.25, 0.3) is 0 Å². The van der Waals surface area contributed by atoms with Gasteiger partial charge in [-0.1, -0.05) is 65.0 Å². The summed E-state index contributed by atoms with van der Waals surface area (Å²) in [4.78, 5) is 0. The maximum absolute atomic E-state index is 5.67. The summed E-state index contributed by atoms with van der Waals surface area (Å²) in [6.45, 7) is 14.1. The highest BCUT2D eigenvalue weighted by molar-refractivity contribution is 5.70. The number of benzene rings is 2. The van der Waals surface area contributed by atoms with E-state index in [1.807, 2.05) is 13.0 Å². The highest BCUT2D eigenvalue weighted by Crippen LogP contribution is 2.35. The molecule has 0 aliphatic heterocycles. The molecule has 0 unspecified atom stereocenters. The van der Waals surface area contributed by atoms with E-state index in [0.717, 1.165) is 12.2 Å². The quantitative estimate of drug-likeness (QED) is 0.634. The predicted octanol–water partition coefficient (Wildman–Crippen LogP) is 6.25. The Bertz CT molecular complexity index is 647. The van der Waals surface area contributed by atoms with Gasteiger partial charge in [-0.2, -0.15) is 0 Å². The van der Waals surface area contributed by atoms with Crippen LogP contribution >= 0.6 is 0 Å². The van der Waals surface area contributed by atoms with Gasteiger partial charge in [-0.25, -0.2) is 0 Å². The van der Waals surface area contributed by atoms with Crippen LogP contribution in [0.15, 0.2) is 42.5 Å². The normalized spacial score (nSPS) is 11.8. The first-order chi connectivity index (χ1) is 10.8. The Morgan fingerprint density at radius 3 is 2.35 bits per heavy atom. The van der Waals surface area contributed by atoms with Crippen LogP contribution in [0.1, 0.15) is 52.7 Å². The second-order valence-electron chi connectivity index (χ2n) is 7.69. The van der Waals surface area contributed by atoms with Gasteiger partial charge in [0.05, 0.1) is 6.61 Å². The minimum atomic E-state index is 0.115. The maximum Gasteiger partial charge on any atom is 0.119 e. The van der Waals surface area contributed by atoms with E-state index in [-0.39, 0.29) is 5.41 Å². The molecular formula is C22H30O. The molecule has 0 saturated heterocycles. The molecule has 0 heterocycles. The molecule has 2 aromatic rings. The van der Waals surface area contributed by atoms with E-state index in [0.29, 0.717) is 12.5 Å². The maximum atomic E-state index is 5.67. The molecule has 0 aromatic heterocycles. The molecule has 0 saturated carbocycles. The van der Waals surface area contributed by atoms with Crippen LogP contribution in [-0.4, -0.2) is 6.61 Å². The van der Waals surface area contributed by atoms with Gasteiger partial charge in [-0.3, -0.25) is 0 Å². The van der Waals surface area contributed by atoms with E-state index in [4.69, 9.17) is 4.74 Å². The molecule has 0 spiro atoms. The monoisotopic (exact) mass is 310 g/mol. The number of ether oxygens (including phenoxy) is 1. The highest BCUT2D eigenvalue weighted by Gasteiger charge is 2.19. The lowest BCUT2D eigenvalue weighted by Gasteiger charge is -2.25. The van der Waals surface area contributed by atoms with Crippen molar-refractivity contribution >= 4 is 0 Å². The van der Waals surface area contributed by atoms with Crippen molar-refractivity contribution in [1.82, 2.24) is 0 Å². The highest BCUT2D eigenvalue weighted by atomic mass is 16.5. The first kappa shape index (κ1) is 17.6. The van der Waals surface area contributed by atoms with Crippen LogP contribution in [0.2, 0.25) is 0 Å². The summed E-state index contributed by atoms with van der Waals surface area (Å²) in [5, 5.41) is 0.